The van der Waals surface area contributed by atoms with Gasteiger partial charge in [-0.05, 0) is 29.5 Å². The van der Waals surface area contributed by atoms with Crippen molar-refractivity contribution in [1.82, 2.24) is 19.7 Å². The van der Waals surface area contributed by atoms with Gasteiger partial charge < -0.3 is 11.1 Å². The van der Waals surface area contributed by atoms with E-state index in [-0.39, 0.29) is 5.41 Å². The summed E-state index contributed by atoms with van der Waals surface area (Å²) in [7, 11) is 1.88. The maximum atomic E-state index is 5.87. The number of benzene rings is 1. The molecule has 6 nitrogen and oxygen atoms in total. The molecular formula is C23H26N6S. The van der Waals surface area contributed by atoms with Crippen molar-refractivity contribution < 1.29 is 0 Å². The third kappa shape index (κ3) is 3.68. The van der Waals surface area contributed by atoms with Gasteiger partial charge in [0, 0.05) is 18.3 Å². The minimum atomic E-state index is 0.137. The van der Waals surface area contributed by atoms with Gasteiger partial charge in [-0.2, -0.15) is 5.10 Å². The highest BCUT2D eigenvalue weighted by Gasteiger charge is 2.19. The van der Waals surface area contributed by atoms with Crippen molar-refractivity contribution in [1.29, 1.82) is 0 Å². The van der Waals surface area contributed by atoms with Crippen LogP contribution >= 0.6 is 11.3 Å². The van der Waals surface area contributed by atoms with Crippen molar-refractivity contribution in [2.24, 2.45) is 7.05 Å². The second-order valence-corrected chi connectivity index (χ2v) is 9.14. The molecule has 0 aliphatic rings. The lowest BCUT2D eigenvalue weighted by atomic mass is 9.82. The number of nitrogens with zero attached hydrogens (tertiary/aromatic N) is 4. The molecule has 3 aromatic heterocycles. The Morgan fingerprint density at radius 3 is 2.53 bits per heavy atom. The number of nitrogens with two attached hydrogens (primary N) is 1. The number of fused-ring (bicyclic) bond motifs is 1. The van der Waals surface area contributed by atoms with Gasteiger partial charge in [0.15, 0.2) is 11.5 Å². The predicted octanol–water partition coefficient (Wildman–Crippen LogP) is 5.44. The Bertz CT molecular complexity index is 1220. The SMILES string of the molecule is C=C(Nc1nc(-c2ccc(C(C)(C)CC)cc2)nc2c1cnn2C)c1ccc(N)s1. The summed E-state index contributed by atoms with van der Waals surface area (Å²) >= 11 is 1.48. The molecule has 7 heteroatoms. The fourth-order valence-electron chi connectivity index (χ4n) is 3.24. The number of anilines is 2. The number of nitrogen functional groups attached to an aromatic ring is 1. The highest BCUT2D eigenvalue weighted by molar-refractivity contribution is 7.16. The largest absolute Gasteiger partial charge is 0.391 e. The Balaban J connectivity index is 1.74. The summed E-state index contributed by atoms with van der Waals surface area (Å²) in [5, 5.41) is 9.29. The van der Waals surface area contributed by atoms with E-state index in [1.165, 1.54) is 16.9 Å². The Kier molecular flexibility index (Phi) is 5.07. The summed E-state index contributed by atoms with van der Waals surface area (Å²) in [6.07, 6.45) is 2.84. The van der Waals surface area contributed by atoms with Crippen LogP contribution in [0, 0.1) is 0 Å². The lowest BCUT2D eigenvalue weighted by molar-refractivity contribution is 0.506. The van der Waals surface area contributed by atoms with Crippen molar-refractivity contribution in [3.05, 3.63) is 59.6 Å². The first-order valence-corrected chi connectivity index (χ1v) is 10.7. The molecule has 0 fully saturated rings. The summed E-state index contributed by atoms with van der Waals surface area (Å²) in [5.41, 5.74) is 9.77. The number of aromatic nitrogens is 4. The number of aryl methyl sites for hydroxylation is 1. The van der Waals surface area contributed by atoms with Gasteiger partial charge in [-0.15, -0.1) is 11.3 Å². The van der Waals surface area contributed by atoms with Crippen LogP contribution in [-0.4, -0.2) is 19.7 Å². The Hall–Kier alpha value is -3.19. The number of thiophene rings is 1. The quantitative estimate of drug-likeness (QED) is 0.435. The molecule has 0 saturated heterocycles. The molecule has 0 atom stereocenters. The van der Waals surface area contributed by atoms with E-state index in [1.54, 1.807) is 10.9 Å². The first kappa shape index (κ1) is 20.1. The van der Waals surface area contributed by atoms with E-state index in [2.05, 4.69) is 62.0 Å². The van der Waals surface area contributed by atoms with Crippen LogP contribution in [0.1, 0.15) is 37.6 Å². The molecule has 4 aromatic rings. The van der Waals surface area contributed by atoms with Gasteiger partial charge in [-0.3, -0.25) is 4.68 Å². The molecule has 3 heterocycles. The Morgan fingerprint density at radius 1 is 1.17 bits per heavy atom. The first-order valence-electron chi connectivity index (χ1n) is 9.91. The highest BCUT2D eigenvalue weighted by Crippen LogP contribution is 2.31. The molecule has 1 aromatic carbocycles. The third-order valence-electron chi connectivity index (χ3n) is 5.59. The summed E-state index contributed by atoms with van der Waals surface area (Å²) in [6.45, 7) is 10.9. The molecule has 3 N–H and O–H groups in total. The topological polar surface area (TPSA) is 81.7 Å². The van der Waals surface area contributed by atoms with Crippen LogP contribution in [0.4, 0.5) is 10.8 Å². The van der Waals surface area contributed by atoms with Crippen molar-refractivity contribution in [2.45, 2.75) is 32.6 Å². The molecule has 30 heavy (non-hydrogen) atoms. The number of hydrogen-bond donors (Lipinski definition) is 2. The zero-order valence-electron chi connectivity index (χ0n) is 17.7. The maximum Gasteiger partial charge on any atom is 0.163 e. The van der Waals surface area contributed by atoms with Gasteiger partial charge in [-0.25, -0.2) is 9.97 Å². The van der Waals surface area contributed by atoms with E-state index in [0.717, 1.165) is 38.6 Å². The standard InChI is InChI=1S/C23H26N6S/c1-6-23(3,4)16-9-7-15(8-10-16)20-27-21(17-13-25-29(5)22(17)28-20)26-14(2)18-11-12-19(24)30-18/h7-13H,2,6,24H2,1,3-5H3,(H,26,27,28). The van der Waals surface area contributed by atoms with Crippen molar-refractivity contribution >= 4 is 38.9 Å². The van der Waals surface area contributed by atoms with Gasteiger partial charge in [0.25, 0.3) is 0 Å². The van der Waals surface area contributed by atoms with Crippen LogP contribution in [0.5, 0.6) is 0 Å². The molecule has 154 valence electrons. The average Bonchev–Trinajstić information content (AvgIpc) is 3.34. The molecule has 0 spiro atoms. The first-order chi connectivity index (χ1) is 14.3. The lowest BCUT2D eigenvalue weighted by Crippen LogP contribution is -2.15. The van der Waals surface area contributed by atoms with Crippen molar-refractivity contribution in [3.8, 4) is 11.4 Å². The number of rotatable bonds is 6. The van der Waals surface area contributed by atoms with E-state index < -0.39 is 0 Å². The molecule has 0 radical (unpaired) electrons. The fourth-order valence-corrected chi connectivity index (χ4v) is 3.94. The molecular weight excluding hydrogens is 392 g/mol. The molecule has 0 amide bonds. The molecule has 0 aliphatic heterocycles. The summed E-state index contributed by atoms with van der Waals surface area (Å²) < 4.78 is 1.76. The van der Waals surface area contributed by atoms with E-state index in [1.807, 2.05) is 19.2 Å². The molecule has 4 rings (SSSR count). The van der Waals surface area contributed by atoms with Gasteiger partial charge in [0.05, 0.1) is 21.5 Å². The van der Waals surface area contributed by atoms with Gasteiger partial charge in [-0.1, -0.05) is 51.6 Å². The van der Waals surface area contributed by atoms with Crippen LogP contribution in [0.2, 0.25) is 0 Å². The Morgan fingerprint density at radius 2 is 1.90 bits per heavy atom. The smallest absolute Gasteiger partial charge is 0.163 e. The summed E-state index contributed by atoms with van der Waals surface area (Å²) in [6, 6.07) is 12.3. The van der Waals surface area contributed by atoms with Gasteiger partial charge >= 0.3 is 0 Å². The van der Waals surface area contributed by atoms with E-state index >= 15 is 0 Å². The number of nitrogens with one attached hydrogen (secondary N) is 1. The van der Waals surface area contributed by atoms with Gasteiger partial charge in [0.2, 0.25) is 0 Å². The van der Waals surface area contributed by atoms with Crippen molar-refractivity contribution in [2.75, 3.05) is 11.1 Å². The minimum Gasteiger partial charge on any atom is -0.391 e. The summed E-state index contributed by atoms with van der Waals surface area (Å²) in [5.74, 6) is 1.32. The fraction of sp³-hybridized carbons (Fsp3) is 0.261. The highest BCUT2D eigenvalue weighted by atomic mass is 32.1. The van der Waals surface area contributed by atoms with Crippen LogP contribution < -0.4 is 11.1 Å². The summed E-state index contributed by atoms with van der Waals surface area (Å²) in [4.78, 5) is 10.5. The Labute approximate surface area is 180 Å². The molecule has 0 unspecified atom stereocenters. The monoisotopic (exact) mass is 418 g/mol. The second-order valence-electron chi connectivity index (χ2n) is 8.02. The lowest BCUT2D eigenvalue weighted by Gasteiger charge is -2.23. The molecule has 0 bridgehead atoms. The van der Waals surface area contributed by atoms with Gasteiger partial charge in [0.1, 0.15) is 5.82 Å². The molecule has 0 aliphatic carbocycles. The van der Waals surface area contributed by atoms with E-state index in [0.29, 0.717) is 11.6 Å². The third-order valence-corrected chi connectivity index (χ3v) is 6.57. The minimum absolute atomic E-state index is 0.137. The van der Waals surface area contributed by atoms with Crippen LogP contribution in [0.3, 0.4) is 0 Å². The molecule has 0 saturated carbocycles. The van der Waals surface area contributed by atoms with Crippen LogP contribution in [-0.2, 0) is 12.5 Å². The second kappa shape index (κ2) is 7.57. The normalized spacial score (nSPS) is 11.7. The number of hydrogen-bond acceptors (Lipinski definition) is 6. The van der Waals surface area contributed by atoms with Crippen LogP contribution in [0.25, 0.3) is 28.1 Å². The average molecular weight is 419 g/mol. The maximum absolute atomic E-state index is 5.87. The van der Waals surface area contributed by atoms with Crippen molar-refractivity contribution in [3.63, 3.8) is 0 Å². The zero-order chi connectivity index (χ0) is 21.5. The zero-order valence-corrected chi connectivity index (χ0v) is 18.5. The van der Waals surface area contributed by atoms with E-state index in [4.69, 9.17) is 15.7 Å². The van der Waals surface area contributed by atoms with E-state index in [9.17, 15) is 0 Å². The predicted molar refractivity (Wildman–Crippen MR) is 126 cm³/mol. The van der Waals surface area contributed by atoms with Crippen LogP contribution in [0.15, 0.2) is 49.2 Å².